The fourth-order valence-corrected chi connectivity index (χ4v) is 0. The molecule has 0 bridgehead atoms. The Morgan fingerprint density at radius 1 is 0.600 bits per heavy atom. The van der Waals surface area contributed by atoms with Crippen molar-refractivity contribution in [1.29, 1.82) is 0 Å². The molecule has 0 aliphatic carbocycles. The maximum Gasteiger partial charge on any atom is 2.00 e. The average Bonchev–Trinajstić information content (AvgIpc) is 1.88. The van der Waals surface area contributed by atoms with Crippen molar-refractivity contribution < 1.29 is 39.6 Å². The van der Waals surface area contributed by atoms with E-state index in [4.69, 9.17) is 0 Å². The monoisotopic (exact) mass is 347 g/mol. The number of unbranched alkanes of at least 4 members (excludes halogenated alkanes) is 2. The summed E-state index contributed by atoms with van der Waals surface area (Å²) in [4.78, 5) is 0. The van der Waals surface area contributed by atoms with Crippen molar-refractivity contribution in [3.8, 4) is 0 Å². The summed E-state index contributed by atoms with van der Waals surface area (Å²) in [6, 6.07) is 0. The smallest absolute Gasteiger partial charge is 0.346 e. The first-order valence-electron chi connectivity index (χ1n) is 3.00. The quantitative estimate of drug-likeness (QED) is 0.674. The van der Waals surface area contributed by atoms with E-state index in [0.717, 1.165) is 25.7 Å². The molecule has 0 saturated carbocycles. The standard InChI is InChI=1S/2C4H8.V.W/c2*1-3-4-2;;/h2*1-4H2;;/q2*-2;2*+2. The minimum Gasteiger partial charge on any atom is -0.346 e. The molecule has 0 unspecified atom stereocenters. The van der Waals surface area contributed by atoms with Crippen molar-refractivity contribution in [2.75, 3.05) is 0 Å². The largest absolute Gasteiger partial charge is 2.00 e. The minimum absolute atomic E-state index is 0. The third kappa shape index (κ3) is 59.2. The van der Waals surface area contributed by atoms with Crippen molar-refractivity contribution >= 4 is 0 Å². The molecule has 0 aliphatic heterocycles. The van der Waals surface area contributed by atoms with Crippen LogP contribution in [0.2, 0.25) is 0 Å². The molecule has 0 aromatic carbocycles. The van der Waals surface area contributed by atoms with Crippen molar-refractivity contribution in [3.05, 3.63) is 27.7 Å². The van der Waals surface area contributed by atoms with Gasteiger partial charge in [0.05, 0.1) is 0 Å². The molecule has 2 heteroatoms. The molecular formula is C8H16VW. The van der Waals surface area contributed by atoms with Gasteiger partial charge in [-0.2, -0.15) is 0 Å². The fourth-order valence-electron chi connectivity index (χ4n) is 0. The van der Waals surface area contributed by atoms with Crippen molar-refractivity contribution in [2.45, 2.75) is 25.7 Å². The molecule has 0 aromatic heterocycles. The number of rotatable bonds is 2. The summed E-state index contributed by atoms with van der Waals surface area (Å²) in [5.74, 6) is 0. The molecule has 0 rings (SSSR count). The van der Waals surface area contributed by atoms with Crippen LogP contribution in [0.15, 0.2) is 0 Å². The molecule has 0 spiro atoms. The van der Waals surface area contributed by atoms with Crippen LogP contribution in [0, 0.1) is 27.7 Å². The van der Waals surface area contributed by atoms with Crippen LogP contribution >= 0.6 is 0 Å². The Labute approximate surface area is 92.7 Å². The topological polar surface area (TPSA) is 0 Å². The Bertz CT molecular complexity index is 17.2. The number of hydrogen-bond acceptors (Lipinski definition) is 0. The van der Waals surface area contributed by atoms with Crippen LogP contribution < -0.4 is 0 Å². The molecule has 0 nitrogen and oxygen atoms in total. The van der Waals surface area contributed by atoms with E-state index in [9.17, 15) is 0 Å². The van der Waals surface area contributed by atoms with E-state index in [0.29, 0.717) is 0 Å². The van der Waals surface area contributed by atoms with E-state index >= 15 is 0 Å². The van der Waals surface area contributed by atoms with Crippen LogP contribution in [-0.4, -0.2) is 0 Å². The van der Waals surface area contributed by atoms with Gasteiger partial charge in [0, 0.05) is 0 Å². The molecule has 0 aliphatic rings. The summed E-state index contributed by atoms with van der Waals surface area (Å²) in [6.45, 7) is 14.2. The van der Waals surface area contributed by atoms with Crippen LogP contribution in [0.4, 0.5) is 0 Å². The zero-order chi connectivity index (χ0) is 6.83. The molecule has 0 saturated heterocycles. The van der Waals surface area contributed by atoms with E-state index < -0.39 is 0 Å². The van der Waals surface area contributed by atoms with Gasteiger partial charge in [-0.15, -0.1) is 0 Å². The fraction of sp³-hybridized carbons (Fsp3) is 0.500. The summed E-state index contributed by atoms with van der Waals surface area (Å²) in [5, 5.41) is 0. The van der Waals surface area contributed by atoms with E-state index in [1.165, 1.54) is 0 Å². The maximum atomic E-state index is 3.54. The van der Waals surface area contributed by atoms with Gasteiger partial charge in [0.15, 0.2) is 0 Å². The Hall–Kier alpha value is 1.27. The maximum absolute atomic E-state index is 3.54. The molecule has 59 valence electrons. The molecule has 0 N–H and O–H groups in total. The summed E-state index contributed by atoms with van der Waals surface area (Å²) >= 11 is 0. The van der Waals surface area contributed by atoms with E-state index in [2.05, 4.69) is 27.7 Å². The average molecular weight is 347 g/mol. The predicted molar refractivity (Wildman–Crippen MR) is 39.9 cm³/mol. The Balaban J connectivity index is -0.0000000300. The van der Waals surface area contributed by atoms with Crippen LogP contribution in [0.5, 0.6) is 0 Å². The van der Waals surface area contributed by atoms with Gasteiger partial charge in [0.2, 0.25) is 0 Å². The first-order chi connectivity index (χ1) is 3.83. The summed E-state index contributed by atoms with van der Waals surface area (Å²) < 4.78 is 0. The summed E-state index contributed by atoms with van der Waals surface area (Å²) in [7, 11) is 0. The molecular weight excluding hydrogens is 331 g/mol. The predicted octanol–water partition coefficient (Wildman–Crippen LogP) is 2.86. The van der Waals surface area contributed by atoms with Gasteiger partial charge < -0.3 is 27.7 Å². The van der Waals surface area contributed by atoms with Gasteiger partial charge >= 0.3 is 39.6 Å². The van der Waals surface area contributed by atoms with Crippen molar-refractivity contribution in [1.82, 2.24) is 0 Å². The zero-order valence-electron chi connectivity index (χ0n) is 6.51. The van der Waals surface area contributed by atoms with Crippen LogP contribution in [-0.2, 0) is 39.6 Å². The van der Waals surface area contributed by atoms with E-state index in [1.54, 1.807) is 0 Å². The van der Waals surface area contributed by atoms with Gasteiger partial charge in [0.25, 0.3) is 0 Å². The van der Waals surface area contributed by atoms with Crippen molar-refractivity contribution in [3.63, 3.8) is 0 Å². The Morgan fingerprint density at radius 3 is 0.700 bits per heavy atom. The van der Waals surface area contributed by atoms with E-state index in [-0.39, 0.29) is 39.6 Å². The van der Waals surface area contributed by atoms with Crippen LogP contribution in [0.3, 0.4) is 0 Å². The SMILES string of the molecule is [CH2-]CC[CH2-].[CH2-]CC[CH2-].[V+2].[W+2]. The Kier molecular flexibility index (Phi) is 71.5. The van der Waals surface area contributed by atoms with E-state index in [1.807, 2.05) is 0 Å². The Morgan fingerprint density at radius 2 is 0.700 bits per heavy atom. The van der Waals surface area contributed by atoms with Crippen LogP contribution in [0.25, 0.3) is 0 Å². The molecule has 0 fully saturated rings. The first-order valence-corrected chi connectivity index (χ1v) is 3.00. The minimum atomic E-state index is 0. The molecule has 0 amide bonds. The van der Waals surface area contributed by atoms with Gasteiger partial charge in [-0.3, -0.25) is 0 Å². The normalized spacial score (nSPS) is 6.00. The second-order valence-electron chi connectivity index (χ2n) is 1.41. The summed E-state index contributed by atoms with van der Waals surface area (Å²) in [5.41, 5.74) is 0. The van der Waals surface area contributed by atoms with Gasteiger partial charge in [0.1, 0.15) is 0 Å². The van der Waals surface area contributed by atoms with Crippen LogP contribution in [0.1, 0.15) is 25.7 Å². The number of hydrogen-bond donors (Lipinski definition) is 0. The molecule has 0 atom stereocenters. The third-order valence-electron chi connectivity index (χ3n) is 0.500. The van der Waals surface area contributed by atoms with Crippen molar-refractivity contribution in [2.24, 2.45) is 0 Å². The van der Waals surface area contributed by atoms with Gasteiger partial charge in [-0.1, -0.05) is 0 Å². The second-order valence-corrected chi connectivity index (χ2v) is 1.41. The van der Waals surface area contributed by atoms with Gasteiger partial charge in [-0.05, 0) is 0 Å². The molecule has 1 radical (unpaired) electrons. The summed E-state index contributed by atoms with van der Waals surface area (Å²) in [6.07, 6.45) is 3.83. The first kappa shape index (κ1) is 22.5. The van der Waals surface area contributed by atoms with Gasteiger partial charge in [-0.25, -0.2) is 25.7 Å². The molecule has 0 heterocycles. The second kappa shape index (κ2) is 31.8. The molecule has 0 aromatic rings. The third-order valence-corrected chi connectivity index (χ3v) is 0.500. The zero-order valence-corrected chi connectivity index (χ0v) is 10.8. The molecule has 10 heavy (non-hydrogen) atoms.